The van der Waals surface area contributed by atoms with E-state index in [2.05, 4.69) is 32.6 Å². The number of carbonyl (C=O) groups excluding carboxylic acids is 1. The van der Waals surface area contributed by atoms with Gasteiger partial charge in [-0.2, -0.15) is 0 Å². The van der Waals surface area contributed by atoms with E-state index in [9.17, 15) is 9.90 Å². The first-order chi connectivity index (χ1) is 15.1. The van der Waals surface area contributed by atoms with Crippen molar-refractivity contribution in [1.29, 1.82) is 0 Å². The maximum atomic E-state index is 12.7. The van der Waals surface area contributed by atoms with Gasteiger partial charge < -0.3 is 18.9 Å². The van der Waals surface area contributed by atoms with Crippen molar-refractivity contribution < 1.29 is 14.4 Å². The maximum absolute atomic E-state index is 12.7. The molecule has 2 aliphatic rings. The van der Waals surface area contributed by atoms with Crippen molar-refractivity contribution in [3.63, 3.8) is 0 Å². The second-order valence-electron chi connectivity index (χ2n) is 8.79. The maximum Gasteiger partial charge on any atom is 0.292 e. The number of piperidine rings is 2. The molecule has 2 aliphatic heterocycles. The first kappa shape index (κ1) is 20.2. The fraction of sp³-hybridized carbons (Fsp3) is 0.522. The molecule has 1 amide bonds. The van der Waals surface area contributed by atoms with Gasteiger partial charge in [0.25, 0.3) is 5.91 Å². The molecule has 5 heterocycles. The van der Waals surface area contributed by atoms with E-state index in [1.807, 2.05) is 24.3 Å². The van der Waals surface area contributed by atoms with E-state index in [4.69, 9.17) is 4.52 Å². The zero-order valence-corrected chi connectivity index (χ0v) is 17.9. The minimum Gasteiger partial charge on any atom is -0.393 e. The van der Waals surface area contributed by atoms with Crippen LogP contribution in [0.25, 0.3) is 5.65 Å². The van der Waals surface area contributed by atoms with Gasteiger partial charge in [0.1, 0.15) is 5.65 Å². The zero-order chi connectivity index (χ0) is 21.4. The molecule has 0 spiro atoms. The van der Waals surface area contributed by atoms with Crippen molar-refractivity contribution in [2.24, 2.45) is 0 Å². The third kappa shape index (κ3) is 4.09. The van der Waals surface area contributed by atoms with Gasteiger partial charge in [0.05, 0.1) is 23.2 Å². The standard InChI is InChI=1S/C23H29N5O3/c1-16-20(28-10-3-2-6-22(28)24-16)15-26-9-4-5-17(14-26)19-13-21(31-25-19)23(30)27-11-7-18(29)8-12-27/h2-3,6,10,13,17-18,29H,4-5,7-9,11-12,14-15H2,1H3/t17-/m1/s1. The van der Waals surface area contributed by atoms with Crippen LogP contribution in [0.5, 0.6) is 0 Å². The van der Waals surface area contributed by atoms with Gasteiger partial charge in [-0.1, -0.05) is 11.2 Å². The van der Waals surface area contributed by atoms with E-state index < -0.39 is 0 Å². The van der Waals surface area contributed by atoms with Gasteiger partial charge in [0.2, 0.25) is 5.76 Å². The molecule has 2 saturated heterocycles. The lowest BCUT2D eigenvalue weighted by Crippen LogP contribution is -2.39. The Balaban J connectivity index is 1.26. The molecule has 8 nitrogen and oxygen atoms in total. The number of hydrogen-bond donors (Lipinski definition) is 1. The number of aromatic nitrogens is 3. The average Bonchev–Trinajstić information content (AvgIpc) is 3.40. The van der Waals surface area contributed by atoms with Crippen molar-refractivity contribution in [2.75, 3.05) is 26.2 Å². The summed E-state index contributed by atoms with van der Waals surface area (Å²) in [7, 11) is 0. The van der Waals surface area contributed by atoms with Gasteiger partial charge in [-0.15, -0.1) is 0 Å². The summed E-state index contributed by atoms with van der Waals surface area (Å²) in [6.45, 7) is 5.95. The van der Waals surface area contributed by atoms with Gasteiger partial charge >= 0.3 is 0 Å². The summed E-state index contributed by atoms with van der Waals surface area (Å²) in [6, 6.07) is 7.90. The second kappa shape index (κ2) is 8.43. The number of amides is 1. The molecule has 0 radical (unpaired) electrons. The normalized spacial score (nSPS) is 21.1. The predicted octanol–water partition coefficient (Wildman–Crippen LogP) is 2.61. The Morgan fingerprint density at radius 1 is 1.23 bits per heavy atom. The molecular weight excluding hydrogens is 394 g/mol. The van der Waals surface area contributed by atoms with Crippen LogP contribution in [0.2, 0.25) is 0 Å². The lowest BCUT2D eigenvalue weighted by Gasteiger charge is -2.31. The minimum atomic E-state index is -0.306. The van der Waals surface area contributed by atoms with Crippen LogP contribution in [-0.2, 0) is 6.54 Å². The summed E-state index contributed by atoms with van der Waals surface area (Å²) in [5.74, 6) is 0.433. The lowest BCUT2D eigenvalue weighted by molar-refractivity contribution is 0.0512. The van der Waals surface area contributed by atoms with Gasteiger partial charge in [0, 0.05) is 44.4 Å². The van der Waals surface area contributed by atoms with Crippen molar-refractivity contribution >= 4 is 11.6 Å². The molecule has 1 atom stereocenters. The van der Waals surface area contributed by atoms with Gasteiger partial charge in [-0.3, -0.25) is 9.69 Å². The third-order valence-electron chi connectivity index (χ3n) is 6.62. The van der Waals surface area contributed by atoms with Crippen LogP contribution in [0, 0.1) is 6.92 Å². The second-order valence-corrected chi connectivity index (χ2v) is 8.79. The highest BCUT2D eigenvalue weighted by Crippen LogP contribution is 2.28. The molecular formula is C23H29N5O3. The van der Waals surface area contributed by atoms with Gasteiger partial charge in [0.15, 0.2) is 0 Å². The SMILES string of the molecule is Cc1nc2ccccn2c1CN1CCC[C@@H](c2cc(C(=O)N3CCC(O)CC3)on2)C1. The number of aliphatic hydroxyl groups is 1. The molecule has 31 heavy (non-hydrogen) atoms. The molecule has 2 fully saturated rings. The number of rotatable bonds is 4. The summed E-state index contributed by atoms with van der Waals surface area (Å²) in [6.07, 6.45) is 5.12. The van der Waals surface area contributed by atoms with Gasteiger partial charge in [-0.05, 0) is 51.3 Å². The van der Waals surface area contributed by atoms with Crippen molar-refractivity contribution in [1.82, 2.24) is 24.3 Å². The first-order valence-electron chi connectivity index (χ1n) is 11.2. The fourth-order valence-electron chi connectivity index (χ4n) is 4.81. The Kier molecular flexibility index (Phi) is 5.50. The summed E-state index contributed by atoms with van der Waals surface area (Å²) < 4.78 is 7.61. The number of likely N-dealkylation sites (tertiary alicyclic amines) is 2. The number of fused-ring (bicyclic) bond motifs is 1. The van der Waals surface area contributed by atoms with Crippen molar-refractivity contribution in [3.05, 3.63) is 53.3 Å². The Morgan fingerprint density at radius 3 is 2.90 bits per heavy atom. The van der Waals surface area contributed by atoms with E-state index in [1.165, 1.54) is 5.69 Å². The van der Waals surface area contributed by atoms with Crippen LogP contribution in [0.1, 0.15) is 59.2 Å². The molecule has 8 heteroatoms. The smallest absolute Gasteiger partial charge is 0.292 e. The largest absolute Gasteiger partial charge is 0.393 e. The minimum absolute atomic E-state index is 0.125. The predicted molar refractivity (Wildman–Crippen MR) is 115 cm³/mol. The Labute approximate surface area is 181 Å². The molecule has 3 aromatic rings. The summed E-state index contributed by atoms with van der Waals surface area (Å²) in [5.41, 5.74) is 4.13. The third-order valence-corrected chi connectivity index (χ3v) is 6.62. The van der Waals surface area contributed by atoms with Crippen LogP contribution in [0.15, 0.2) is 35.0 Å². The summed E-state index contributed by atoms with van der Waals surface area (Å²) in [5, 5.41) is 13.9. The molecule has 3 aromatic heterocycles. The number of aliphatic hydroxyl groups excluding tert-OH is 1. The van der Waals surface area contributed by atoms with E-state index in [0.29, 0.717) is 31.7 Å². The van der Waals surface area contributed by atoms with Crippen LogP contribution in [0.4, 0.5) is 0 Å². The molecule has 0 aromatic carbocycles. The number of imidazole rings is 1. The highest BCUT2D eigenvalue weighted by atomic mass is 16.5. The van der Waals surface area contributed by atoms with Crippen LogP contribution in [-0.4, -0.2) is 67.6 Å². The molecule has 0 aliphatic carbocycles. The van der Waals surface area contributed by atoms with Crippen LogP contribution >= 0.6 is 0 Å². The van der Waals surface area contributed by atoms with E-state index >= 15 is 0 Å². The summed E-state index contributed by atoms with van der Waals surface area (Å²) in [4.78, 5) is 21.6. The Bertz CT molecular complexity index is 1070. The van der Waals surface area contributed by atoms with Crippen LogP contribution < -0.4 is 0 Å². The monoisotopic (exact) mass is 423 g/mol. The Morgan fingerprint density at radius 2 is 2.06 bits per heavy atom. The number of pyridine rings is 1. The van der Waals surface area contributed by atoms with E-state index in [1.54, 1.807) is 4.90 Å². The highest BCUT2D eigenvalue weighted by molar-refractivity contribution is 5.91. The number of aryl methyl sites for hydroxylation is 1. The fourth-order valence-corrected chi connectivity index (χ4v) is 4.81. The van der Waals surface area contributed by atoms with Crippen LogP contribution in [0.3, 0.4) is 0 Å². The van der Waals surface area contributed by atoms with E-state index in [-0.39, 0.29) is 17.9 Å². The first-order valence-corrected chi connectivity index (χ1v) is 11.2. The van der Waals surface area contributed by atoms with Crippen molar-refractivity contribution in [2.45, 2.75) is 51.2 Å². The molecule has 0 bridgehead atoms. The quantitative estimate of drug-likeness (QED) is 0.694. The van der Waals surface area contributed by atoms with Crippen molar-refractivity contribution in [3.8, 4) is 0 Å². The topological polar surface area (TPSA) is 87.1 Å². The summed E-state index contributed by atoms with van der Waals surface area (Å²) >= 11 is 0. The number of nitrogens with zero attached hydrogens (tertiary/aromatic N) is 5. The molecule has 5 rings (SSSR count). The highest BCUT2D eigenvalue weighted by Gasteiger charge is 2.29. The molecule has 164 valence electrons. The average molecular weight is 424 g/mol. The lowest BCUT2D eigenvalue weighted by atomic mass is 9.94. The zero-order valence-electron chi connectivity index (χ0n) is 17.9. The number of carbonyl (C=O) groups is 1. The molecule has 1 N–H and O–H groups in total. The Hall–Kier alpha value is -2.71. The van der Waals surface area contributed by atoms with Gasteiger partial charge in [-0.25, -0.2) is 4.98 Å². The molecule has 0 unspecified atom stereocenters. The van der Waals surface area contributed by atoms with E-state index in [0.717, 1.165) is 49.5 Å². The molecule has 0 saturated carbocycles. The number of hydrogen-bond acceptors (Lipinski definition) is 6.